The van der Waals surface area contributed by atoms with Crippen LogP contribution in [0.5, 0.6) is 0 Å². The number of amides is 1. The van der Waals surface area contributed by atoms with Gasteiger partial charge in [-0.2, -0.15) is 0 Å². The molecule has 27 heavy (non-hydrogen) atoms. The van der Waals surface area contributed by atoms with Crippen LogP contribution in [0.15, 0.2) is 55.0 Å². The van der Waals surface area contributed by atoms with Crippen molar-refractivity contribution in [1.82, 2.24) is 19.9 Å². The van der Waals surface area contributed by atoms with E-state index in [1.54, 1.807) is 30.7 Å². The Bertz CT molecular complexity index is 962. The Morgan fingerprint density at radius 3 is 2.74 bits per heavy atom. The summed E-state index contributed by atoms with van der Waals surface area (Å²) in [5, 5.41) is 0.658. The summed E-state index contributed by atoms with van der Waals surface area (Å²) in [5.41, 5.74) is 9.00. The summed E-state index contributed by atoms with van der Waals surface area (Å²) in [6.07, 6.45) is 6.68. The van der Waals surface area contributed by atoms with Gasteiger partial charge < -0.3 is 10.6 Å². The molecule has 2 N–H and O–H groups in total. The van der Waals surface area contributed by atoms with Crippen molar-refractivity contribution in [2.75, 3.05) is 12.3 Å². The first-order chi connectivity index (χ1) is 13.1. The minimum absolute atomic E-state index is 0.0511. The van der Waals surface area contributed by atoms with Gasteiger partial charge in [-0.3, -0.25) is 9.78 Å². The Labute approximate surface area is 162 Å². The van der Waals surface area contributed by atoms with E-state index < -0.39 is 0 Å². The van der Waals surface area contributed by atoms with Gasteiger partial charge in [-0.05, 0) is 42.7 Å². The molecule has 1 saturated heterocycles. The van der Waals surface area contributed by atoms with E-state index >= 15 is 0 Å². The number of pyridine rings is 1. The van der Waals surface area contributed by atoms with Gasteiger partial charge in [0.2, 0.25) is 5.95 Å². The van der Waals surface area contributed by atoms with Crippen LogP contribution in [0.2, 0.25) is 5.02 Å². The SMILES string of the molecule is Nc1ncc(-c2ccc(Cl)cc2)c([C@@H]2CCCN2C(=O)c2cccnc2)n1. The standard InChI is InChI=1S/C20H18ClN5O/c21-15-7-5-13(6-8-15)16-12-24-20(22)25-18(16)17-4-2-10-26(17)19(27)14-3-1-9-23-11-14/h1,3,5-9,11-12,17H,2,4,10H2,(H2,22,24,25)/t17-/m0/s1. The summed E-state index contributed by atoms with van der Waals surface area (Å²) in [7, 11) is 0. The lowest BCUT2D eigenvalue weighted by Gasteiger charge is -2.26. The van der Waals surface area contributed by atoms with E-state index in [-0.39, 0.29) is 17.9 Å². The molecule has 0 unspecified atom stereocenters. The summed E-state index contributed by atoms with van der Waals surface area (Å²) >= 11 is 6.01. The lowest BCUT2D eigenvalue weighted by molar-refractivity contribution is 0.0733. The van der Waals surface area contributed by atoms with Crippen LogP contribution in [-0.4, -0.2) is 32.3 Å². The van der Waals surface area contributed by atoms with E-state index in [1.165, 1.54) is 0 Å². The molecule has 136 valence electrons. The van der Waals surface area contributed by atoms with E-state index in [0.29, 0.717) is 17.1 Å². The molecule has 7 heteroatoms. The Kier molecular flexibility index (Phi) is 4.73. The molecule has 1 atom stereocenters. The molecule has 2 aromatic heterocycles. The topological polar surface area (TPSA) is 85.0 Å². The van der Waals surface area contributed by atoms with Crippen LogP contribution >= 0.6 is 11.6 Å². The zero-order chi connectivity index (χ0) is 18.8. The molecule has 0 saturated carbocycles. The quantitative estimate of drug-likeness (QED) is 0.749. The van der Waals surface area contributed by atoms with Crippen molar-refractivity contribution in [3.05, 3.63) is 71.3 Å². The van der Waals surface area contributed by atoms with Crippen molar-refractivity contribution in [3.63, 3.8) is 0 Å². The second-order valence-corrected chi connectivity index (χ2v) is 6.87. The van der Waals surface area contributed by atoms with E-state index in [0.717, 1.165) is 29.7 Å². The summed E-state index contributed by atoms with van der Waals surface area (Å²) in [6.45, 7) is 0.669. The lowest BCUT2D eigenvalue weighted by atomic mass is 9.99. The fourth-order valence-corrected chi connectivity index (χ4v) is 3.59. The van der Waals surface area contributed by atoms with Gasteiger partial charge in [-0.25, -0.2) is 9.97 Å². The predicted molar refractivity (Wildman–Crippen MR) is 104 cm³/mol. The van der Waals surface area contributed by atoms with Crippen LogP contribution in [0.3, 0.4) is 0 Å². The predicted octanol–water partition coefficient (Wildman–Crippen LogP) is 3.75. The Morgan fingerprint density at radius 2 is 2.00 bits per heavy atom. The third-order valence-electron chi connectivity index (χ3n) is 4.73. The minimum atomic E-state index is -0.159. The first kappa shape index (κ1) is 17.4. The Hall–Kier alpha value is -2.99. The summed E-state index contributed by atoms with van der Waals surface area (Å²) in [6, 6.07) is 10.9. The van der Waals surface area contributed by atoms with Crippen molar-refractivity contribution in [1.29, 1.82) is 0 Å². The van der Waals surface area contributed by atoms with Gasteiger partial charge in [0, 0.05) is 35.7 Å². The average Bonchev–Trinajstić information content (AvgIpc) is 3.18. The molecule has 0 bridgehead atoms. The second-order valence-electron chi connectivity index (χ2n) is 6.43. The monoisotopic (exact) mass is 379 g/mol. The van der Waals surface area contributed by atoms with Gasteiger partial charge in [0.15, 0.2) is 0 Å². The highest BCUT2D eigenvalue weighted by Gasteiger charge is 2.33. The minimum Gasteiger partial charge on any atom is -0.368 e. The van der Waals surface area contributed by atoms with Crippen LogP contribution in [-0.2, 0) is 0 Å². The largest absolute Gasteiger partial charge is 0.368 e. The molecule has 0 radical (unpaired) electrons. The summed E-state index contributed by atoms with van der Waals surface area (Å²) in [4.78, 5) is 27.6. The zero-order valence-electron chi connectivity index (χ0n) is 14.5. The maximum absolute atomic E-state index is 13.0. The number of anilines is 1. The molecule has 1 aromatic carbocycles. The third-order valence-corrected chi connectivity index (χ3v) is 4.98. The molecule has 1 amide bonds. The normalized spacial score (nSPS) is 16.5. The third kappa shape index (κ3) is 3.48. The smallest absolute Gasteiger partial charge is 0.255 e. The molecule has 4 rings (SSSR count). The number of benzene rings is 1. The molecule has 1 aliphatic heterocycles. The molecule has 3 aromatic rings. The van der Waals surface area contributed by atoms with Gasteiger partial charge in [-0.15, -0.1) is 0 Å². The van der Waals surface area contributed by atoms with Gasteiger partial charge in [-0.1, -0.05) is 23.7 Å². The first-order valence-corrected chi connectivity index (χ1v) is 9.10. The first-order valence-electron chi connectivity index (χ1n) is 8.73. The number of carbonyl (C=O) groups is 1. The maximum Gasteiger partial charge on any atom is 0.255 e. The maximum atomic E-state index is 13.0. The average molecular weight is 380 g/mol. The summed E-state index contributed by atoms with van der Waals surface area (Å²) in [5.74, 6) is 0.147. The number of aromatic nitrogens is 3. The number of nitrogen functional groups attached to an aromatic ring is 1. The second kappa shape index (κ2) is 7.32. The number of rotatable bonds is 3. The number of halogens is 1. The van der Waals surface area contributed by atoms with Gasteiger partial charge in [0.05, 0.1) is 17.3 Å². The van der Waals surface area contributed by atoms with Crippen molar-refractivity contribution in [3.8, 4) is 11.1 Å². The summed E-state index contributed by atoms with van der Waals surface area (Å²) < 4.78 is 0. The number of carbonyl (C=O) groups excluding carboxylic acids is 1. The number of nitrogens with zero attached hydrogens (tertiary/aromatic N) is 4. The fraction of sp³-hybridized carbons (Fsp3) is 0.200. The molecule has 3 heterocycles. The lowest BCUT2D eigenvalue weighted by Crippen LogP contribution is -2.31. The molecule has 0 spiro atoms. The van der Waals surface area contributed by atoms with Gasteiger partial charge >= 0.3 is 0 Å². The van der Waals surface area contributed by atoms with Crippen molar-refractivity contribution in [2.24, 2.45) is 0 Å². The number of nitrogens with two attached hydrogens (primary N) is 1. The van der Waals surface area contributed by atoms with Crippen LogP contribution < -0.4 is 5.73 Å². The number of hydrogen-bond donors (Lipinski definition) is 1. The Morgan fingerprint density at radius 1 is 1.19 bits per heavy atom. The number of likely N-dealkylation sites (tertiary alicyclic amines) is 1. The molecule has 1 aliphatic rings. The van der Waals surface area contributed by atoms with Crippen molar-refractivity contribution in [2.45, 2.75) is 18.9 Å². The molecular formula is C20H18ClN5O. The van der Waals surface area contributed by atoms with Gasteiger partial charge in [0.1, 0.15) is 0 Å². The number of hydrogen-bond acceptors (Lipinski definition) is 5. The molecule has 0 aliphatic carbocycles. The Balaban J connectivity index is 1.74. The highest BCUT2D eigenvalue weighted by Crippen LogP contribution is 2.37. The van der Waals surface area contributed by atoms with Crippen molar-refractivity contribution < 1.29 is 4.79 Å². The van der Waals surface area contributed by atoms with Crippen molar-refractivity contribution >= 4 is 23.5 Å². The molecular weight excluding hydrogens is 362 g/mol. The van der Waals surface area contributed by atoms with E-state index in [1.807, 2.05) is 29.2 Å². The molecule has 1 fully saturated rings. The fourth-order valence-electron chi connectivity index (χ4n) is 3.46. The zero-order valence-corrected chi connectivity index (χ0v) is 15.3. The van der Waals surface area contributed by atoms with E-state index in [2.05, 4.69) is 15.0 Å². The highest BCUT2D eigenvalue weighted by atomic mass is 35.5. The van der Waals surface area contributed by atoms with Crippen LogP contribution in [0.1, 0.15) is 34.9 Å². The van der Waals surface area contributed by atoms with Crippen LogP contribution in [0.4, 0.5) is 5.95 Å². The highest BCUT2D eigenvalue weighted by molar-refractivity contribution is 6.30. The van der Waals surface area contributed by atoms with E-state index in [9.17, 15) is 4.79 Å². The van der Waals surface area contributed by atoms with Crippen LogP contribution in [0, 0.1) is 0 Å². The molecule has 6 nitrogen and oxygen atoms in total. The van der Waals surface area contributed by atoms with Gasteiger partial charge in [0.25, 0.3) is 5.91 Å². The van der Waals surface area contributed by atoms with E-state index in [4.69, 9.17) is 17.3 Å². The van der Waals surface area contributed by atoms with Crippen LogP contribution in [0.25, 0.3) is 11.1 Å².